The molecular weight excluding hydrogens is 300 g/mol. The van der Waals surface area contributed by atoms with E-state index in [0.717, 1.165) is 17.7 Å². The van der Waals surface area contributed by atoms with Crippen LogP contribution < -0.4 is 5.32 Å². The van der Waals surface area contributed by atoms with E-state index in [4.69, 9.17) is 0 Å². The summed E-state index contributed by atoms with van der Waals surface area (Å²) in [5, 5.41) is 11.4. The molecule has 1 aromatic heterocycles. The van der Waals surface area contributed by atoms with E-state index in [0.29, 0.717) is 5.69 Å². The van der Waals surface area contributed by atoms with Crippen LogP contribution in [-0.4, -0.2) is 20.9 Å². The molecule has 0 spiro atoms. The summed E-state index contributed by atoms with van der Waals surface area (Å²) in [4.78, 5) is 13.8. The molecule has 1 amide bonds. The maximum atomic E-state index is 12.4. The Morgan fingerprint density at radius 2 is 1.83 bits per heavy atom. The molecule has 1 N–H and O–H groups in total. The van der Waals surface area contributed by atoms with Crippen LogP contribution in [0.4, 0.5) is 0 Å². The van der Waals surface area contributed by atoms with E-state index in [1.807, 2.05) is 49.4 Å². The predicted molar refractivity (Wildman–Crippen MR) is 93.1 cm³/mol. The number of rotatable bonds is 5. The molecule has 0 aliphatic carbocycles. The first-order valence-electron chi connectivity index (χ1n) is 8.05. The number of benzene rings is 2. The third-order valence-corrected chi connectivity index (χ3v) is 3.95. The molecule has 0 aliphatic heterocycles. The quantitative estimate of drug-likeness (QED) is 0.784. The number of nitrogens with zero attached hydrogens (tertiary/aromatic N) is 3. The normalized spacial score (nSPS) is 11.9. The van der Waals surface area contributed by atoms with Gasteiger partial charge in [-0.1, -0.05) is 49.4 Å². The molecule has 24 heavy (non-hydrogen) atoms. The molecule has 0 fully saturated rings. The average molecular weight is 320 g/mol. The fourth-order valence-corrected chi connectivity index (χ4v) is 2.45. The van der Waals surface area contributed by atoms with Crippen LogP contribution in [-0.2, 0) is 6.42 Å². The second-order valence-electron chi connectivity index (χ2n) is 5.65. The van der Waals surface area contributed by atoms with Crippen LogP contribution in [0.3, 0.4) is 0 Å². The Kier molecular flexibility index (Phi) is 4.70. The van der Waals surface area contributed by atoms with E-state index < -0.39 is 0 Å². The van der Waals surface area contributed by atoms with E-state index in [-0.39, 0.29) is 11.9 Å². The first-order valence-corrected chi connectivity index (χ1v) is 8.05. The molecule has 0 radical (unpaired) electrons. The lowest BCUT2D eigenvalue weighted by Crippen LogP contribution is -2.27. The number of hydrogen-bond donors (Lipinski definition) is 1. The van der Waals surface area contributed by atoms with Crippen LogP contribution in [0.5, 0.6) is 0 Å². The van der Waals surface area contributed by atoms with Crippen LogP contribution in [0.15, 0.2) is 60.8 Å². The van der Waals surface area contributed by atoms with Crippen LogP contribution in [0.25, 0.3) is 5.69 Å². The summed E-state index contributed by atoms with van der Waals surface area (Å²) >= 11 is 0. The van der Waals surface area contributed by atoms with E-state index in [1.54, 1.807) is 0 Å². The minimum atomic E-state index is -0.232. The number of aromatic nitrogens is 3. The highest BCUT2D eigenvalue weighted by molar-refractivity contribution is 5.92. The fraction of sp³-hybridized carbons (Fsp3) is 0.211. The first-order chi connectivity index (χ1) is 11.7. The van der Waals surface area contributed by atoms with Crippen molar-refractivity contribution in [2.75, 3.05) is 0 Å². The summed E-state index contributed by atoms with van der Waals surface area (Å²) in [6.45, 7) is 4.08. The van der Waals surface area contributed by atoms with Gasteiger partial charge >= 0.3 is 0 Å². The minimum Gasteiger partial charge on any atom is -0.344 e. The van der Waals surface area contributed by atoms with Crippen molar-refractivity contribution in [1.29, 1.82) is 0 Å². The molecule has 1 atom stereocenters. The van der Waals surface area contributed by atoms with Crippen molar-refractivity contribution in [3.63, 3.8) is 0 Å². The highest BCUT2D eigenvalue weighted by Gasteiger charge is 2.15. The number of carbonyl (C=O) groups excluding carboxylic acids is 1. The fourth-order valence-electron chi connectivity index (χ4n) is 2.45. The number of aryl methyl sites for hydroxylation is 1. The van der Waals surface area contributed by atoms with E-state index >= 15 is 0 Å². The smallest absolute Gasteiger partial charge is 0.273 e. The van der Waals surface area contributed by atoms with Gasteiger partial charge in [0.25, 0.3) is 5.91 Å². The van der Waals surface area contributed by atoms with Crippen molar-refractivity contribution in [3.05, 3.63) is 77.6 Å². The maximum Gasteiger partial charge on any atom is 0.273 e. The lowest BCUT2D eigenvalue weighted by Gasteiger charge is -2.13. The van der Waals surface area contributed by atoms with E-state index in [1.165, 1.54) is 16.6 Å². The molecule has 5 nitrogen and oxygen atoms in total. The third kappa shape index (κ3) is 3.51. The van der Waals surface area contributed by atoms with Gasteiger partial charge in [-0.25, -0.2) is 0 Å². The summed E-state index contributed by atoms with van der Waals surface area (Å²) < 4.78 is 0. The molecule has 1 heterocycles. The number of hydrogen-bond acceptors (Lipinski definition) is 3. The van der Waals surface area contributed by atoms with Gasteiger partial charge in [-0.15, -0.1) is 5.10 Å². The molecule has 0 saturated carbocycles. The molecule has 0 aliphatic rings. The van der Waals surface area contributed by atoms with E-state index in [2.05, 4.69) is 34.6 Å². The van der Waals surface area contributed by atoms with Gasteiger partial charge in [0.05, 0.1) is 17.9 Å². The lowest BCUT2D eigenvalue weighted by atomic mass is 10.0. The third-order valence-electron chi connectivity index (χ3n) is 3.95. The minimum absolute atomic E-state index is 0.0923. The molecule has 0 bridgehead atoms. The SMILES string of the molecule is CCc1ccc(C(C)NC(=O)c2cnn(-c3ccccc3)n2)cc1. The zero-order valence-electron chi connectivity index (χ0n) is 13.8. The Morgan fingerprint density at radius 1 is 1.12 bits per heavy atom. The Bertz CT molecular complexity index is 809. The van der Waals surface area contributed by atoms with Crippen molar-refractivity contribution in [1.82, 2.24) is 20.3 Å². The summed E-state index contributed by atoms with van der Waals surface area (Å²) in [5.41, 5.74) is 3.47. The van der Waals surface area contributed by atoms with Crippen LogP contribution >= 0.6 is 0 Å². The first kappa shape index (κ1) is 15.9. The van der Waals surface area contributed by atoms with Crippen molar-refractivity contribution in [2.24, 2.45) is 0 Å². The molecule has 5 heteroatoms. The Balaban J connectivity index is 1.69. The van der Waals surface area contributed by atoms with Crippen LogP contribution in [0.2, 0.25) is 0 Å². The molecule has 3 aromatic rings. The molecule has 3 rings (SSSR count). The molecule has 1 unspecified atom stereocenters. The average Bonchev–Trinajstić information content (AvgIpc) is 3.13. The van der Waals surface area contributed by atoms with Gasteiger partial charge in [-0.05, 0) is 36.6 Å². The van der Waals surface area contributed by atoms with E-state index in [9.17, 15) is 4.79 Å². The van der Waals surface area contributed by atoms with Crippen molar-refractivity contribution >= 4 is 5.91 Å². The molecular formula is C19H20N4O. The van der Waals surface area contributed by atoms with Crippen molar-refractivity contribution < 1.29 is 4.79 Å². The van der Waals surface area contributed by atoms with Crippen LogP contribution in [0, 0.1) is 0 Å². The maximum absolute atomic E-state index is 12.4. The van der Waals surface area contributed by atoms with Crippen molar-refractivity contribution in [3.8, 4) is 5.69 Å². The number of nitrogens with one attached hydrogen (secondary N) is 1. The highest BCUT2D eigenvalue weighted by atomic mass is 16.2. The lowest BCUT2D eigenvalue weighted by molar-refractivity contribution is 0.0934. The summed E-state index contributed by atoms with van der Waals surface area (Å²) in [5.74, 6) is -0.232. The number of para-hydroxylation sites is 1. The van der Waals surface area contributed by atoms with Gasteiger partial charge < -0.3 is 5.32 Å². The predicted octanol–water partition coefficient (Wildman–Crippen LogP) is 3.32. The summed E-state index contributed by atoms with van der Waals surface area (Å²) in [6.07, 6.45) is 2.48. The Morgan fingerprint density at radius 3 is 2.50 bits per heavy atom. The van der Waals surface area contributed by atoms with Gasteiger partial charge in [-0.2, -0.15) is 9.90 Å². The Hall–Kier alpha value is -2.95. The standard InChI is InChI=1S/C19H20N4O/c1-3-15-9-11-16(12-10-15)14(2)21-19(24)18-13-20-23(22-18)17-7-5-4-6-8-17/h4-14H,3H2,1-2H3,(H,21,24). The highest BCUT2D eigenvalue weighted by Crippen LogP contribution is 2.14. The van der Waals surface area contributed by atoms with Crippen LogP contribution in [0.1, 0.15) is 41.5 Å². The molecule has 122 valence electrons. The zero-order chi connectivity index (χ0) is 16.9. The van der Waals surface area contributed by atoms with Gasteiger partial charge in [-0.3, -0.25) is 4.79 Å². The summed E-state index contributed by atoms with van der Waals surface area (Å²) in [6, 6.07) is 17.7. The Labute approximate surface area is 141 Å². The van der Waals surface area contributed by atoms with Gasteiger partial charge in [0.15, 0.2) is 5.69 Å². The molecule has 2 aromatic carbocycles. The second kappa shape index (κ2) is 7.08. The second-order valence-corrected chi connectivity index (χ2v) is 5.65. The van der Waals surface area contributed by atoms with Gasteiger partial charge in [0.1, 0.15) is 0 Å². The van der Waals surface area contributed by atoms with Gasteiger partial charge in [0.2, 0.25) is 0 Å². The summed E-state index contributed by atoms with van der Waals surface area (Å²) in [7, 11) is 0. The molecule has 0 saturated heterocycles. The number of amides is 1. The monoisotopic (exact) mass is 320 g/mol. The van der Waals surface area contributed by atoms with Gasteiger partial charge in [0, 0.05) is 0 Å². The topological polar surface area (TPSA) is 59.8 Å². The zero-order valence-corrected chi connectivity index (χ0v) is 13.8. The largest absolute Gasteiger partial charge is 0.344 e. The number of carbonyl (C=O) groups is 1. The van der Waals surface area contributed by atoms with Crippen molar-refractivity contribution in [2.45, 2.75) is 26.3 Å².